The number of esters is 2. The molecule has 136 valence electrons. The van der Waals surface area contributed by atoms with Crippen LogP contribution >= 0.6 is 0 Å². The molecule has 1 rings (SSSR count). The number of hydrogen-bond donors (Lipinski definition) is 1. The largest absolute Gasteiger partial charge is 0.464 e. The molecule has 1 aromatic rings. The summed E-state index contributed by atoms with van der Waals surface area (Å²) in [5.74, 6) is -1.78. The molecule has 0 saturated heterocycles. The Morgan fingerprint density at radius 1 is 1.04 bits per heavy atom. The van der Waals surface area contributed by atoms with Gasteiger partial charge in [0.15, 0.2) is 0 Å². The van der Waals surface area contributed by atoms with Gasteiger partial charge in [0.05, 0.1) is 13.2 Å². The van der Waals surface area contributed by atoms with Gasteiger partial charge < -0.3 is 14.8 Å². The van der Waals surface area contributed by atoms with E-state index < -0.39 is 17.5 Å². The van der Waals surface area contributed by atoms with Gasteiger partial charge >= 0.3 is 11.9 Å². The number of carbonyl (C=O) groups excluding carboxylic acids is 3. The zero-order valence-electron chi connectivity index (χ0n) is 15.3. The van der Waals surface area contributed by atoms with E-state index >= 15 is 0 Å². The Kier molecular flexibility index (Phi) is 7.36. The van der Waals surface area contributed by atoms with Gasteiger partial charge in [-0.1, -0.05) is 18.2 Å². The summed E-state index contributed by atoms with van der Waals surface area (Å²) < 4.78 is 9.94. The van der Waals surface area contributed by atoms with E-state index in [0.29, 0.717) is 0 Å². The first-order valence-electron chi connectivity index (χ1n) is 8.15. The standard InChI is InChI=1S/C19H25NO5/c1-6-24-17(22)19(20-12-21,18(23)25-7-2)9-8-16-10-13(3)15(5)14(4)11-16/h8-12H,6-7H2,1-5H3,(H,20,21)/b9-8-. The van der Waals surface area contributed by atoms with Gasteiger partial charge in [-0.15, -0.1) is 0 Å². The molecule has 0 aromatic heterocycles. The summed E-state index contributed by atoms with van der Waals surface area (Å²) in [6, 6.07) is 3.86. The molecule has 0 aliphatic rings. The molecule has 1 N–H and O–H groups in total. The van der Waals surface area contributed by atoms with Gasteiger partial charge in [-0.25, -0.2) is 9.59 Å². The van der Waals surface area contributed by atoms with E-state index in [-0.39, 0.29) is 19.6 Å². The highest BCUT2D eigenvalue weighted by Crippen LogP contribution is 2.19. The minimum absolute atomic E-state index is 0.0666. The van der Waals surface area contributed by atoms with Crippen LogP contribution in [0.25, 0.3) is 6.08 Å². The van der Waals surface area contributed by atoms with Crippen LogP contribution in [0.5, 0.6) is 0 Å². The summed E-state index contributed by atoms with van der Waals surface area (Å²) in [7, 11) is 0. The van der Waals surface area contributed by atoms with Crippen LogP contribution in [0, 0.1) is 20.8 Å². The normalized spacial score (nSPS) is 11.2. The number of nitrogens with one attached hydrogen (secondary N) is 1. The third-order valence-electron chi connectivity index (χ3n) is 3.96. The van der Waals surface area contributed by atoms with Crippen molar-refractivity contribution in [3.05, 3.63) is 40.5 Å². The van der Waals surface area contributed by atoms with E-state index in [1.807, 2.05) is 32.9 Å². The van der Waals surface area contributed by atoms with E-state index in [1.165, 1.54) is 11.6 Å². The predicted molar refractivity (Wildman–Crippen MR) is 94.9 cm³/mol. The Hall–Kier alpha value is -2.63. The van der Waals surface area contributed by atoms with Crippen molar-refractivity contribution in [3.63, 3.8) is 0 Å². The van der Waals surface area contributed by atoms with Crippen molar-refractivity contribution >= 4 is 24.4 Å². The van der Waals surface area contributed by atoms with Crippen molar-refractivity contribution in [1.29, 1.82) is 0 Å². The molecule has 0 saturated carbocycles. The van der Waals surface area contributed by atoms with Gasteiger partial charge in [-0.2, -0.15) is 0 Å². The first-order valence-corrected chi connectivity index (χ1v) is 8.15. The molecule has 0 bridgehead atoms. The minimum Gasteiger partial charge on any atom is -0.464 e. The lowest BCUT2D eigenvalue weighted by Crippen LogP contribution is -2.58. The fraction of sp³-hybridized carbons (Fsp3) is 0.421. The predicted octanol–water partition coefficient (Wildman–Crippen LogP) is 2.24. The second-order valence-electron chi connectivity index (χ2n) is 5.62. The summed E-state index contributed by atoms with van der Waals surface area (Å²) in [4.78, 5) is 35.8. The highest BCUT2D eigenvalue weighted by molar-refractivity contribution is 6.09. The van der Waals surface area contributed by atoms with Crippen LogP contribution in [0.1, 0.15) is 36.1 Å². The summed E-state index contributed by atoms with van der Waals surface area (Å²) in [6.07, 6.45) is 3.19. The average Bonchev–Trinajstić information content (AvgIpc) is 2.56. The van der Waals surface area contributed by atoms with E-state index in [1.54, 1.807) is 19.9 Å². The zero-order chi connectivity index (χ0) is 19.0. The van der Waals surface area contributed by atoms with Gasteiger partial charge in [0.2, 0.25) is 6.41 Å². The van der Waals surface area contributed by atoms with Gasteiger partial charge in [-0.05, 0) is 62.9 Å². The number of benzene rings is 1. The maximum atomic E-state index is 12.4. The molecular formula is C19H25NO5. The van der Waals surface area contributed by atoms with Gasteiger partial charge in [0, 0.05) is 0 Å². The Morgan fingerprint density at radius 3 is 1.92 bits per heavy atom. The summed E-state index contributed by atoms with van der Waals surface area (Å²) >= 11 is 0. The monoisotopic (exact) mass is 347 g/mol. The maximum Gasteiger partial charge on any atom is 0.347 e. The van der Waals surface area contributed by atoms with Crippen LogP contribution in [0.2, 0.25) is 0 Å². The van der Waals surface area contributed by atoms with Gasteiger partial charge in [-0.3, -0.25) is 4.79 Å². The number of rotatable bonds is 8. The topological polar surface area (TPSA) is 81.7 Å². The smallest absolute Gasteiger partial charge is 0.347 e. The van der Waals surface area contributed by atoms with Gasteiger partial charge in [0.1, 0.15) is 0 Å². The lowest BCUT2D eigenvalue weighted by molar-refractivity contribution is -0.163. The highest BCUT2D eigenvalue weighted by Gasteiger charge is 2.47. The summed E-state index contributed by atoms with van der Waals surface area (Å²) in [5, 5.41) is 2.26. The molecule has 0 atom stereocenters. The van der Waals surface area contributed by atoms with Crippen LogP contribution in [-0.2, 0) is 23.9 Å². The van der Waals surface area contributed by atoms with E-state index in [0.717, 1.165) is 16.7 Å². The SMILES string of the molecule is CCOC(=O)C(/C=C\c1cc(C)c(C)c(C)c1)(NC=O)C(=O)OCC. The first kappa shape index (κ1) is 20.4. The second kappa shape index (κ2) is 9.01. The third kappa shape index (κ3) is 4.68. The molecule has 0 fully saturated rings. The number of amides is 1. The summed E-state index contributed by atoms with van der Waals surface area (Å²) in [5.41, 5.74) is 2.12. The van der Waals surface area contributed by atoms with E-state index in [2.05, 4.69) is 5.32 Å². The molecule has 0 aliphatic heterocycles. The van der Waals surface area contributed by atoms with Crippen molar-refractivity contribution in [2.24, 2.45) is 0 Å². The van der Waals surface area contributed by atoms with Crippen molar-refractivity contribution in [2.75, 3.05) is 13.2 Å². The lowest BCUT2D eigenvalue weighted by Gasteiger charge is -2.25. The number of aryl methyl sites for hydroxylation is 2. The Balaban J connectivity index is 3.37. The van der Waals surface area contributed by atoms with Crippen molar-refractivity contribution in [1.82, 2.24) is 5.32 Å². The fourth-order valence-electron chi connectivity index (χ4n) is 2.35. The Labute approximate surface area is 148 Å². The quantitative estimate of drug-likeness (QED) is 0.443. The maximum absolute atomic E-state index is 12.4. The van der Waals surface area contributed by atoms with E-state index in [9.17, 15) is 14.4 Å². The molecule has 6 heteroatoms. The van der Waals surface area contributed by atoms with Crippen molar-refractivity contribution in [2.45, 2.75) is 40.2 Å². The van der Waals surface area contributed by atoms with Crippen LogP contribution in [0.3, 0.4) is 0 Å². The molecule has 6 nitrogen and oxygen atoms in total. The minimum atomic E-state index is -2.01. The van der Waals surface area contributed by atoms with Crippen LogP contribution in [-0.4, -0.2) is 37.1 Å². The Bertz CT molecular complexity index is 637. The van der Waals surface area contributed by atoms with Crippen molar-refractivity contribution < 1.29 is 23.9 Å². The molecule has 0 aliphatic carbocycles. The molecule has 1 amide bonds. The Morgan fingerprint density at radius 2 is 1.52 bits per heavy atom. The fourth-order valence-corrected chi connectivity index (χ4v) is 2.35. The molecule has 0 heterocycles. The highest BCUT2D eigenvalue weighted by atomic mass is 16.6. The number of carbonyl (C=O) groups is 3. The average molecular weight is 347 g/mol. The van der Waals surface area contributed by atoms with Crippen LogP contribution in [0.15, 0.2) is 18.2 Å². The second-order valence-corrected chi connectivity index (χ2v) is 5.62. The van der Waals surface area contributed by atoms with E-state index in [4.69, 9.17) is 9.47 Å². The van der Waals surface area contributed by atoms with Crippen LogP contribution < -0.4 is 5.32 Å². The van der Waals surface area contributed by atoms with Gasteiger partial charge in [0.25, 0.3) is 5.54 Å². The molecule has 0 radical (unpaired) electrons. The first-order chi connectivity index (χ1) is 11.8. The third-order valence-corrected chi connectivity index (χ3v) is 3.96. The van der Waals surface area contributed by atoms with Crippen LogP contribution in [0.4, 0.5) is 0 Å². The number of ether oxygens (including phenoxy) is 2. The zero-order valence-corrected chi connectivity index (χ0v) is 15.3. The molecule has 0 spiro atoms. The molecule has 0 unspecified atom stereocenters. The van der Waals surface area contributed by atoms with Crippen molar-refractivity contribution in [3.8, 4) is 0 Å². The molecular weight excluding hydrogens is 322 g/mol. The number of hydrogen-bond acceptors (Lipinski definition) is 5. The lowest BCUT2D eigenvalue weighted by atomic mass is 9.95. The molecule has 1 aromatic carbocycles. The molecule has 25 heavy (non-hydrogen) atoms. The summed E-state index contributed by atoms with van der Waals surface area (Å²) in [6.45, 7) is 9.35.